The van der Waals surface area contributed by atoms with Crippen LogP contribution >= 0.6 is 11.3 Å². The number of benzene rings is 1. The lowest BCUT2D eigenvalue weighted by Crippen LogP contribution is -2.33. The Labute approximate surface area is 196 Å². The van der Waals surface area contributed by atoms with Crippen LogP contribution in [0.2, 0.25) is 0 Å². The summed E-state index contributed by atoms with van der Waals surface area (Å²) >= 11 is 1.49. The fourth-order valence-corrected chi connectivity index (χ4v) is 4.04. The Bertz CT molecular complexity index is 1350. The summed E-state index contributed by atoms with van der Waals surface area (Å²) in [6.45, 7) is 2.48. The first kappa shape index (κ1) is 23.4. The topological polar surface area (TPSA) is 88.9 Å². The molecule has 11 heteroatoms. The van der Waals surface area contributed by atoms with Crippen molar-refractivity contribution in [3.05, 3.63) is 65.2 Å². The Balaban J connectivity index is 1.65. The molecular formula is C23H20F3N5O2S. The molecule has 0 radical (unpaired) electrons. The Kier molecular flexibility index (Phi) is 6.38. The van der Waals surface area contributed by atoms with Gasteiger partial charge in [-0.15, -0.1) is 11.3 Å². The number of rotatable bonds is 6. The number of pyridine rings is 1. The largest absolute Gasteiger partial charge is 0.405 e. The minimum atomic E-state index is -4.52. The number of thiophene rings is 1. The summed E-state index contributed by atoms with van der Waals surface area (Å²) in [7, 11) is 0. The van der Waals surface area contributed by atoms with Crippen LogP contribution in [0.1, 0.15) is 40.6 Å². The molecule has 7 nitrogen and oxygen atoms in total. The number of hydrogen-bond acceptors (Lipinski definition) is 5. The van der Waals surface area contributed by atoms with E-state index in [1.54, 1.807) is 23.0 Å². The Hall–Kier alpha value is -3.73. The van der Waals surface area contributed by atoms with Crippen LogP contribution in [0, 0.1) is 0 Å². The van der Waals surface area contributed by atoms with Crippen LogP contribution in [0.4, 0.5) is 18.9 Å². The van der Waals surface area contributed by atoms with Crippen molar-refractivity contribution in [1.82, 2.24) is 20.1 Å². The van der Waals surface area contributed by atoms with Crippen molar-refractivity contribution >= 4 is 39.9 Å². The van der Waals surface area contributed by atoms with Crippen molar-refractivity contribution in [1.29, 1.82) is 0 Å². The SMILES string of the molecule is CC(C)n1ncc2c(C(=O)Nc3cccc(C(=O)NCC(F)(F)F)c3)cc(-c3cccs3)nc21. The fraction of sp³-hybridized carbons (Fsp3) is 0.217. The lowest BCUT2D eigenvalue weighted by atomic mass is 10.1. The summed E-state index contributed by atoms with van der Waals surface area (Å²) in [5.41, 5.74) is 1.78. The molecule has 2 N–H and O–H groups in total. The minimum absolute atomic E-state index is 0.00572. The summed E-state index contributed by atoms with van der Waals surface area (Å²) in [5.74, 6) is -1.35. The van der Waals surface area contributed by atoms with Crippen molar-refractivity contribution in [2.75, 3.05) is 11.9 Å². The van der Waals surface area contributed by atoms with E-state index in [9.17, 15) is 22.8 Å². The zero-order valence-corrected chi connectivity index (χ0v) is 19.0. The molecule has 0 aliphatic rings. The summed E-state index contributed by atoms with van der Waals surface area (Å²) in [6.07, 6.45) is -2.94. The molecule has 0 fully saturated rings. The Morgan fingerprint density at radius 1 is 1.12 bits per heavy atom. The van der Waals surface area contributed by atoms with Gasteiger partial charge in [-0.25, -0.2) is 9.67 Å². The number of carbonyl (C=O) groups is 2. The zero-order chi connectivity index (χ0) is 24.5. The number of hydrogen-bond donors (Lipinski definition) is 2. The van der Waals surface area contributed by atoms with Crippen molar-refractivity contribution < 1.29 is 22.8 Å². The molecule has 0 saturated carbocycles. The molecule has 176 valence electrons. The normalized spacial score (nSPS) is 11.7. The maximum atomic E-state index is 13.2. The average Bonchev–Trinajstić information content (AvgIpc) is 3.46. The third-order valence-corrected chi connectivity index (χ3v) is 5.80. The van der Waals surface area contributed by atoms with Crippen LogP contribution in [-0.4, -0.2) is 39.3 Å². The van der Waals surface area contributed by atoms with E-state index in [1.165, 1.54) is 29.5 Å². The third-order valence-electron chi connectivity index (χ3n) is 4.91. The van der Waals surface area contributed by atoms with Crippen LogP contribution in [0.3, 0.4) is 0 Å². The maximum absolute atomic E-state index is 13.2. The molecule has 0 aliphatic heterocycles. The van der Waals surface area contributed by atoms with Gasteiger partial charge in [-0.2, -0.15) is 18.3 Å². The van der Waals surface area contributed by atoms with E-state index in [1.807, 2.05) is 36.7 Å². The first-order valence-electron chi connectivity index (χ1n) is 10.3. The number of halogens is 3. The van der Waals surface area contributed by atoms with Gasteiger partial charge < -0.3 is 10.6 Å². The van der Waals surface area contributed by atoms with Crippen LogP contribution in [-0.2, 0) is 0 Å². The third kappa shape index (κ3) is 5.09. The first-order valence-corrected chi connectivity index (χ1v) is 11.2. The van der Waals surface area contributed by atoms with Crippen molar-refractivity contribution in [2.24, 2.45) is 0 Å². The van der Waals surface area contributed by atoms with Crippen LogP contribution in [0.15, 0.2) is 54.0 Å². The van der Waals surface area contributed by atoms with Gasteiger partial charge in [-0.1, -0.05) is 12.1 Å². The second-order valence-electron chi connectivity index (χ2n) is 7.79. The van der Waals surface area contributed by atoms with Gasteiger partial charge in [0.05, 0.1) is 27.7 Å². The van der Waals surface area contributed by atoms with Crippen LogP contribution < -0.4 is 10.6 Å². The van der Waals surface area contributed by atoms with Gasteiger partial charge in [0.15, 0.2) is 5.65 Å². The fourth-order valence-electron chi connectivity index (χ4n) is 3.35. The molecule has 0 unspecified atom stereocenters. The second kappa shape index (κ2) is 9.26. The smallest absolute Gasteiger partial charge is 0.343 e. The molecular weight excluding hydrogens is 467 g/mol. The second-order valence-corrected chi connectivity index (χ2v) is 8.73. The first-order chi connectivity index (χ1) is 16.1. The zero-order valence-electron chi connectivity index (χ0n) is 18.2. The summed E-state index contributed by atoms with van der Waals surface area (Å²) < 4.78 is 38.9. The van der Waals surface area contributed by atoms with E-state index >= 15 is 0 Å². The van der Waals surface area contributed by atoms with Gasteiger partial charge in [0.1, 0.15) is 6.54 Å². The highest BCUT2D eigenvalue weighted by molar-refractivity contribution is 7.13. The number of fused-ring (bicyclic) bond motifs is 1. The number of amides is 2. The molecule has 4 aromatic rings. The molecule has 0 aliphatic carbocycles. The Morgan fingerprint density at radius 3 is 2.59 bits per heavy atom. The quantitative estimate of drug-likeness (QED) is 0.387. The molecule has 1 aromatic carbocycles. The van der Waals surface area contributed by atoms with Crippen LogP contribution in [0.5, 0.6) is 0 Å². The highest BCUT2D eigenvalue weighted by atomic mass is 32.1. The molecule has 3 aromatic heterocycles. The van der Waals surface area contributed by atoms with Crippen molar-refractivity contribution in [2.45, 2.75) is 26.1 Å². The number of nitrogens with zero attached hydrogens (tertiary/aromatic N) is 3. The summed E-state index contributed by atoms with van der Waals surface area (Å²) in [6, 6.07) is 11.2. The van der Waals surface area contributed by atoms with Gasteiger partial charge in [0.2, 0.25) is 0 Å². The molecule has 0 spiro atoms. The van der Waals surface area contributed by atoms with E-state index in [0.717, 1.165) is 4.88 Å². The summed E-state index contributed by atoms with van der Waals surface area (Å²) in [4.78, 5) is 30.9. The predicted octanol–water partition coefficient (Wildman–Crippen LogP) is 5.29. The molecule has 34 heavy (non-hydrogen) atoms. The van der Waals surface area contributed by atoms with Gasteiger partial charge in [-0.3, -0.25) is 9.59 Å². The van der Waals surface area contributed by atoms with Crippen molar-refractivity contribution in [3.8, 4) is 10.6 Å². The molecule has 0 saturated heterocycles. The maximum Gasteiger partial charge on any atom is 0.405 e. The van der Waals surface area contributed by atoms with E-state index in [0.29, 0.717) is 22.3 Å². The molecule has 2 amide bonds. The number of alkyl halides is 3. The van der Waals surface area contributed by atoms with E-state index < -0.39 is 24.5 Å². The highest BCUT2D eigenvalue weighted by Crippen LogP contribution is 2.29. The lowest BCUT2D eigenvalue weighted by Gasteiger charge is -2.12. The van der Waals surface area contributed by atoms with Gasteiger partial charge in [0.25, 0.3) is 11.8 Å². The molecule has 0 atom stereocenters. The summed E-state index contributed by atoms with van der Waals surface area (Å²) in [5, 5.41) is 11.4. The van der Waals surface area contributed by atoms with Crippen molar-refractivity contribution in [3.63, 3.8) is 0 Å². The van der Waals surface area contributed by atoms with Gasteiger partial charge >= 0.3 is 6.18 Å². The lowest BCUT2D eigenvalue weighted by molar-refractivity contribution is -0.123. The predicted molar refractivity (Wildman–Crippen MR) is 124 cm³/mol. The highest BCUT2D eigenvalue weighted by Gasteiger charge is 2.28. The van der Waals surface area contributed by atoms with E-state index in [2.05, 4.69) is 10.4 Å². The van der Waals surface area contributed by atoms with E-state index in [-0.39, 0.29) is 17.3 Å². The Morgan fingerprint density at radius 2 is 1.91 bits per heavy atom. The molecule has 0 bridgehead atoms. The number of carbonyl (C=O) groups excluding carboxylic acids is 2. The number of anilines is 1. The standard InChI is InChI=1S/C23H20F3N5O2S/c1-13(2)31-20-17(11-28-31)16(10-18(30-20)19-7-4-8-34-19)22(33)29-15-6-3-5-14(9-15)21(32)27-12-23(24,25)26/h3-11,13H,12H2,1-2H3,(H,27,32)(H,29,33). The monoisotopic (exact) mass is 487 g/mol. The molecule has 3 heterocycles. The van der Waals surface area contributed by atoms with Gasteiger partial charge in [-0.05, 0) is 49.6 Å². The average molecular weight is 488 g/mol. The number of aromatic nitrogens is 3. The molecule has 4 rings (SSSR count). The van der Waals surface area contributed by atoms with Gasteiger partial charge in [0, 0.05) is 17.3 Å². The minimum Gasteiger partial charge on any atom is -0.343 e. The van der Waals surface area contributed by atoms with Crippen LogP contribution in [0.25, 0.3) is 21.6 Å². The van der Waals surface area contributed by atoms with E-state index in [4.69, 9.17) is 4.98 Å². The number of nitrogens with one attached hydrogen (secondary N) is 2.